The van der Waals surface area contributed by atoms with Gasteiger partial charge in [-0.15, -0.1) is 0 Å². The largest absolute Gasteiger partial charge is 0.761 e. The molecule has 0 fully saturated rings. The van der Waals surface area contributed by atoms with E-state index in [9.17, 15) is 0 Å². The van der Waals surface area contributed by atoms with Crippen molar-refractivity contribution >= 4 is 9.17 Å². The molecule has 0 unspecified atom stereocenters. The zero-order valence-electron chi connectivity index (χ0n) is 2.64. The fourth-order valence-electron chi connectivity index (χ4n) is 0. The Morgan fingerprint density at radius 3 is 1.33 bits per heavy atom. The molecule has 0 aliphatic rings. The van der Waals surface area contributed by atoms with E-state index in [-0.39, 0.29) is 69.6 Å². The molecule has 0 amide bonds. The molecule has 0 saturated heterocycles. The smallest absolute Gasteiger partial charge is 0.511 e. The molecule has 0 aliphatic heterocycles. The molecule has 0 rings (SSSR count). The molecule has 0 aliphatic carbocycles. The van der Waals surface area contributed by atoms with Crippen molar-refractivity contribution in [3.8, 4) is 0 Å². The maximum Gasteiger partial charge on any atom is 0.761 e. The monoisotopic (exact) mass is 342 g/mol. The van der Waals surface area contributed by atoms with Gasteiger partial charge < -0.3 is 9.59 Å². The van der Waals surface area contributed by atoms with Crippen molar-refractivity contribution in [3.63, 3.8) is 0 Å². The van der Waals surface area contributed by atoms with Crippen molar-refractivity contribution in [3.05, 3.63) is 0 Å². The van der Waals surface area contributed by atoms with Crippen LogP contribution in [0.15, 0.2) is 0 Å². The summed E-state index contributed by atoms with van der Waals surface area (Å²) in [6.07, 6.45) is 0. The summed E-state index contributed by atoms with van der Waals surface area (Å²) in [5.74, 6) is 0. The molecule has 0 bridgehead atoms. The maximum absolute atomic E-state index is 8.74. The van der Waals surface area contributed by atoms with E-state index in [1.165, 1.54) is 0 Å². The van der Waals surface area contributed by atoms with Gasteiger partial charge in [0.25, 0.3) is 0 Å². The summed E-state index contributed by atoms with van der Waals surface area (Å²) < 4.78 is 8.74. The molecule has 0 spiro atoms. The Balaban J connectivity index is -0.0000000450. The van der Waals surface area contributed by atoms with E-state index in [0.717, 1.165) is 0 Å². The molecule has 42 valence electrons. The van der Waals surface area contributed by atoms with Crippen LogP contribution >= 0.6 is 0 Å². The van der Waals surface area contributed by atoms with Crippen LogP contribution in [0.25, 0.3) is 0 Å². The first-order valence-electron chi connectivity index (χ1n) is 0.651. The third-order valence-electron chi connectivity index (χ3n) is 0. The van der Waals surface area contributed by atoms with E-state index in [1.807, 2.05) is 0 Å². The molecular formula is H2LuO3SiY. The molecule has 0 heterocycles. The summed E-state index contributed by atoms with van der Waals surface area (Å²) in [7, 11) is -3.13. The van der Waals surface area contributed by atoms with Crippen LogP contribution in [-0.2, 0) is 37.2 Å². The fourth-order valence-corrected chi connectivity index (χ4v) is 0. The Labute approximate surface area is 91.1 Å². The van der Waals surface area contributed by atoms with Gasteiger partial charge in [-0.2, -0.15) is 0 Å². The summed E-state index contributed by atoms with van der Waals surface area (Å²) >= 11 is 0. The molecule has 2 radical (unpaired) electrons. The van der Waals surface area contributed by atoms with E-state index in [0.29, 0.717) is 0 Å². The molecule has 0 aromatic carbocycles. The van der Waals surface area contributed by atoms with Crippen LogP contribution in [0, 0.1) is 36.9 Å². The van der Waals surface area contributed by atoms with Crippen LogP contribution in [0.5, 0.6) is 0 Å². The van der Waals surface area contributed by atoms with Gasteiger partial charge >= 0.3 is 9.17 Å². The van der Waals surface area contributed by atoms with Gasteiger partial charge in [-0.25, -0.2) is 0 Å². The first kappa shape index (κ1) is 15.7. The molecule has 0 saturated carbocycles. The van der Waals surface area contributed by atoms with Gasteiger partial charge in [0.05, 0.1) is 0 Å². The van der Waals surface area contributed by atoms with Crippen LogP contribution in [-0.4, -0.2) is 18.8 Å². The second-order valence-corrected chi connectivity index (χ2v) is 0.848. The normalized spacial score (nSPS) is 4.00. The molecule has 2 N–H and O–H groups in total. The fraction of sp³-hybridized carbons (Fsp3) is 0. The maximum atomic E-state index is 8.74. The van der Waals surface area contributed by atoms with Gasteiger partial charge in [0.1, 0.15) is 0 Å². The van der Waals surface area contributed by atoms with Crippen molar-refractivity contribution in [1.29, 1.82) is 0 Å². The number of hydrogen-bond donors (Lipinski definition) is 2. The van der Waals surface area contributed by atoms with Crippen LogP contribution in [0.2, 0.25) is 0 Å². The Hall–Kier alpha value is 1.95. The summed E-state index contributed by atoms with van der Waals surface area (Å²) in [5.41, 5.74) is 0. The second-order valence-electron chi connectivity index (χ2n) is 0.283. The SMILES string of the molecule is O=[Si](O)O.[Lu].[Y]. The second kappa shape index (κ2) is 10.0. The quantitative estimate of drug-likeness (QED) is 0.521. The van der Waals surface area contributed by atoms with Gasteiger partial charge in [0.15, 0.2) is 0 Å². The Bertz CT molecular complexity index is 33.8. The minimum Gasteiger partial charge on any atom is -0.511 e. The predicted octanol–water partition coefficient (Wildman–Crippen LogP) is -1.62. The minimum absolute atomic E-state index is 0. The molecule has 3 nitrogen and oxygen atoms in total. The molecular weight excluding hydrogens is 340 g/mol. The Morgan fingerprint density at radius 1 is 1.33 bits per heavy atom. The van der Waals surface area contributed by atoms with E-state index in [2.05, 4.69) is 0 Å². The summed E-state index contributed by atoms with van der Waals surface area (Å²) in [4.78, 5) is 14.3. The van der Waals surface area contributed by atoms with Gasteiger partial charge in [-0.1, -0.05) is 0 Å². The van der Waals surface area contributed by atoms with E-state index in [1.54, 1.807) is 0 Å². The molecule has 0 aromatic heterocycles. The minimum atomic E-state index is -3.13. The third kappa shape index (κ3) is 38.3. The zero-order valence-corrected chi connectivity index (χ0v) is 8.13. The summed E-state index contributed by atoms with van der Waals surface area (Å²) in [6.45, 7) is 0. The third-order valence-corrected chi connectivity index (χ3v) is 0. The number of rotatable bonds is 0. The topological polar surface area (TPSA) is 57.5 Å². The van der Waals surface area contributed by atoms with Crippen molar-refractivity contribution in [2.45, 2.75) is 0 Å². The molecule has 6 heteroatoms. The van der Waals surface area contributed by atoms with Crippen molar-refractivity contribution in [2.24, 2.45) is 0 Å². The van der Waals surface area contributed by atoms with E-state index < -0.39 is 9.17 Å². The van der Waals surface area contributed by atoms with Crippen molar-refractivity contribution < 1.29 is 83.6 Å². The summed E-state index contributed by atoms with van der Waals surface area (Å²) in [5, 5.41) is 0. The number of hydrogen-bond acceptors (Lipinski definition) is 1. The molecule has 0 atom stereocenters. The average molecular weight is 342 g/mol. The average Bonchev–Trinajstić information content (AvgIpc) is 0.811. The molecule has 6 heavy (non-hydrogen) atoms. The van der Waals surface area contributed by atoms with Crippen LogP contribution in [0.3, 0.4) is 0 Å². The zero-order chi connectivity index (χ0) is 3.58. The van der Waals surface area contributed by atoms with Crippen LogP contribution in [0.4, 0.5) is 0 Å². The Morgan fingerprint density at radius 2 is 1.33 bits per heavy atom. The van der Waals surface area contributed by atoms with E-state index in [4.69, 9.17) is 14.1 Å². The van der Waals surface area contributed by atoms with Crippen LogP contribution < -0.4 is 0 Å². The van der Waals surface area contributed by atoms with E-state index >= 15 is 0 Å². The molecule has 0 aromatic rings. The first-order chi connectivity index (χ1) is 1.73. The van der Waals surface area contributed by atoms with Gasteiger partial charge in [0, 0.05) is 69.6 Å². The van der Waals surface area contributed by atoms with Gasteiger partial charge in [0.2, 0.25) is 0 Å². The predicted molar refractivity (Wildman–Crippen MR) is 10.9 cm³/mol. The van der Waals surface area contributed by atoms with Gasteiger partial charge in [-0.05, 0) is 0 Å². The van der Waals surface area contributed by atoms with Crippen molar-refractivity contribution in [2.75, 3.05) is 0 Å². The standard InChI is InChI=1S/Lu.H2O3Si.Y/c;1-4(2)3;/h;1-2H;. The van der Waals surface area contributed by atoms with Gasteiger partial charge in [-0.3, -0.25) is 4.46 Å². The Kier molecular flexibility index (Phi) is 26.2. The van der Waals surface area contributed by atoms with Crippen molar-refractivity contribution in [1.82, 2.24) is 0 Å². The first-order valence-corrected chi connectivity index (χ1v) is 1.95. The van der Waals surface area contributed by atoms with Crippen LogP contribution in [0.1, 0.15) is 0 Å². The summed E-state index contributed by atoms with van der Waals surface area (Å²) in [6, 6.07) is 0.